The number of rotatable bonds is 3. The van der Waals surface area contributed by atoms with Crippen molar-refractivity contribution in [2.45, 2.75) is 32.3 Å². The van der Waals surface area contributed by atoms with E-state index in [-0.39, 0.29) is 5.82 Å². The van der Waals surface area contributed by atoms with Crippen LogP contribution in [0.15, 0.2) is 18.2 Å². The number of benzene rings is 1. The summed E-state index contributed by atoms with van der Waals surface area (Å²) in [6, 6.07) is 4.97. The molecule has 2 rings (SSSR count). The van der Waals surface area contributed by atoms with Crippen LogP contribution in [0.4, 0.5) is 4.39 Å². The van der Waals surface area contributed by atoms with Crippen LogP contribution < -0.4 is 0 Å². The largest absolute Gasteiger partial charge is 0.388 e. The third-order valence-electron chi connectivity index (χ3n) is 2.90. The van der Waals surface area contributed by atoms with Gasteiger partial charge in [-0.25, -0.2) is 4.39 Å². The smallest absolute Gasteiger partial charge is 0.126 e. The van der Waals surface area contributed by atoms with Crippen molar-refractivity contribution in [1.29, 1.82) is 0 Å². The quantitative estimate of drug-likeness (QED) is 0.784. The lowest BCUT2D eigenvalue weighted by Gasteiger charge is -2.14. The first kappa shape index (κ1) is 9.66. The summed E-state index contributed by atoms with van der Waals surface area (Å²) in [6.45, 7) is 1.92. The van der Waals surface area contributed by atoms with Crippen molar-refractivity contribution in [3.05, 3.63) is 35.1 Å². The van der Waals surface area contributed by atoms with Crippen LogP contribution in [0.1, 0.15) is 37.0 Å². The number of hydrogen-bond donors (Lipinski definition) is 1. The van der Waals surface area contributed by atoms with Gasteiger partial charge in [-0.15, -0.1) is 0 Å². The highest BCUT2D eigenvalue weighted by Crippen LogP contribution is 2.42. The van der Waals surface area contributed by atoms with Gasteiger partial charge in [0, 0.05) is 0 Å². The van der Waals surface area contributed by atoms with Crippen molar-refractivity contribution in [1.82, 2.24) is 0 Å². The molecule has 0 aromatic heterocycles. The van der Waals surface area contributed by atoms with E-state index in [1.807, 2.05) is 13.0 Å². The summed E-state index contributed by atoms with van der Waals surface area (Å²) in [5.41, 5.74) is 1.46. The molecule has 2 heteroatoms. The number of halogens is 1. The molecule has 1 N–H and O–H groups in total. The molecule has 1 aromatic carbocycles. The van der Waals surface area contributed by atoms with Gasteiger partial charge in [0.15, 0.2) is 0 Å². The molecule has 0 aliphatic heterocycles. The Morgan fingerprint density at radius 2 is 2.21 bits per heavy atom. The van der Waals surface area contributed by atoms with Crippen LogP contribution >= 0.6 is 0 Å². The van der Waals surface area contributed by atoms with Crippen molar-refractivity contribution in [2.24, 2.45) is 5.92 Å². The third-order valence-corrected chi connectivity index (χ3v) is 2.90. The molecule has 1 unspecified atom stereocenters. The van der Waals surface area contributed by atoms with E-state index < -0.39 is 6.10 Å². The van der Waals surface area contributed by atoms with E-state index in [4.69, 9.17) is 0 Å². The Labute approximate surface area is 83.6 Å². The molecule has 0 spiro atoms. The van der Waals surface area contributed by atoms with E-state index in [9.17, 15) is 9.50 Å². The lowest BCUT2D eigenvalue weighted by atomic mass is 9.97. The molecule has 1 nitrogen and oxygen atoms in total. The second kappa shape index (κ2) is 3.70. The molecular formula is C12H15FO. The summed E-state index contributed by atoms with van der Waals surface area (Å²) in [7, 11) is 0. The average Bonchev–Trinajstić information content (AvgIpc) is 2.99. The molecule has 1 aliphatic carbocycles. The highest BCUT2D eigenvalue weighted by atomic mass is 19.1. The number of aliphatic hydroxyl groups is 1. The molecule has 0 amide bonds. The minimum absolute atomic E-state index is 0.190. The highest BCUT2D eigenvalue weighted by Gasteiger charge is 2.32. The zero-order valence-corrected chi connectivity index (χ0v) is 8.33. The minimum Gasteiger partial charge on any atom is -0.388 e. The summed E-state index contributed by atoms with van der Waals surface area (Å²) in [5.74, 6) is 0.173. The SMILES string of the molecule is CCc1c(F)cccc1C(O)C1CC1. The monoisotopic (exact) mass is 194 g/mol. The highest BCUT2D eigenvalue weighted by molar-refractivity contribution is 5.31. The van der Waals surface area contributed by atoms with Crippen LogP contribution in [-0.2, 0) is 6.42 Å². The lowest BCUT2D eigenvalue weighted by molar-refractivity contribution is 0.152. The first-order valence-corrected chi connectivity index (χ1v) is 5.19. The summed E-state index contributed by atoms with van der Waals surface area (Å²) in [6.07, 6.45) is 2.33. The predicted molar refractivity (Wildman–Crippen MR) is 53.5 cm³/mol. The zero-order valence-electron chi connectivity index (χ0n) is 8.33. The zero-order chi connectivity index (χ0) is 10.1. The molecule has 76 valence electrons. The molecule has 0 bridgehead atoms. The van der Waals surface area contributed by atoms with Gasteiger partial charge in [-0.1, -0.05) is 19.1 Å². The first-order valence-electron chi connectivity index (χ1n) is 5.19. The van der Waals surface area contributed by atoms with Crippen LogP contribution in [0.25, 0.3) is 0 Å². The molecule has 1 atom stereocenters. The Hall–Kier alpha value is -0.890. The van der Waals surface area contributed by atoms with Gasteiger partial charge in [0.1, 0.15) is 5.82 Å². The first-order chi connectivity index (χ1) is 6.74. The summed E-state index contributed by atoms with van der Waals surface area (Å²) < 4.78 is 13.4. The molecule has 1 fully saturated rings. The van der Waals surface area contributed by atoms with E-state index in [0.29, 0.717) is 17.9 Å². The molecule has 14 heavy (non-hydrogen) atoms. The third kappa shape index (κ3) is 1.67. The maximum absolute atomic E-state index is 13.4. The molecule has 0 saturated heterocycles. The second-order valence-corrected chi connectivity index (χ2v) is 3.94. The Kier molecular flexibility index (Phi) is 2.55. The number of hydrogen-bond acceptors (Lipinski definition) is 1. The van der Waals surface area contributed by atoms with Gasteiger partial charge >= 0.3 is 0 Å². The van der Waals surface area contributed by atoms with Crippen LogP contribution in [-0.4, -0.2) is 5.11 Å². The Bertz CT molecular complexity index is 331. The summed E-state index contributed by atoms with van der Waals surface area (Å²) in [5, 5.41) is 9.93. The Balaban J connectivity index is 2.35. The van der Waals surface area contributed by atoms with E-state index in [1.54, 1.807) is 6.07 Å². The van der Waals surface area contributed by atoms with Gasteiger partial charge in [-0.2, -0.15) is 0 Å². The molecule has 0 heterocycles. The van der Waals surface area contributed by atoms with Crippen molar-refractivity contribution < 1.29 is 9.50 Å². The van der Waals surface area contributed by atoms with Crippen molar-refractivity contribution in [3.8, 4) is 0 Å². The normalized spacial score (nSPS) is 18.2. The fourth-order valence-electron chi connectivity index (χ4n) is 1.89. The lowest BCUT2D eigenvalue weighted by Crippen LogP contribution is -2.05. The molecule has 1 aromatic rings. The van der Waals surface area contributed by atoms with E-state index in [2.05, 4.69) is 0 Å². The minimum atomic E-state index is -0.458. The van der Waals surface area contributed by atoms with Gasteiger partial charge in [0.25, 0.3) is 0 Å². The van der Waals surface area contributed by atoms with Crippen LogP contribution in [0.5, 0.6) is 0 Å². The summed E-state index contributed by atoms with van der Waals surface area (Å²) >= 11 is 0. The topological polar surface area (TPSA) is 20.2 Å². The van der Waals surface area contributed by atoms with Gasteiger partial charge in [-0.05, 0) is 42.4 Å². The molecular weight excluding hydrogens is 179 g/mol. The van der Waals surface area contributed by atoms with Crippen LogP contribution in [0, 0.1) is 11.7 Å². The van der Waals surface area contributed by atoms with E-state index in [0.717, 1.165) is 18.4 Å². The molecule has 1 saturated carbocycles. The van der Waals surface area contributed by atoms with Gasteiger partial charge < -0.3 is 5.11 Å². The van der Waals surface area contributed by atoms with Crippen molar-refractivity contribution in [2.75, 3.05) is 0 Å². The van der Waals surface area contributed by atoms with E-state index in [1.165, 1.54) is 6.07 Å². The second-order valence-electron chi connectivity index (χ2n) is 3.94. The van der Waals surface area contributed by atoms with Gasteiger partial charge in [0.05, 0.1) is 6.10 Å². The molecule has 1 aliphatic rings. The van der Waals surface area contributed by atoms with Gasteiger partial charge in [0.2, 0.25) is 0 Å². The van der Waals surface area contributed by atoms with Crippen LogP contribution in [0.3, 0.4) is 0 Å². The fraction of sp³-hybridized carbons (Fsp3) is 0.500. The van der Waals surface area contributed by atoms with E-state index >= 15 is 0 Å². The summed E-state index contributed by atoms with van der Waals surface area (Å²) in [4.78, 5) is 0. The Morgan fingerprint density at radius 3 is 2.79 bits per heavy atom. The molecule has 0 radical (unpaired) electrons. The average molecular weight is 194 g/mol. The maximum Gasteiger partial charge on any atom is 0.126 e. The van der Waals surface area contributed by atoms with Gasteiger partial charge in [-0.3, -0.25) is 0 Å². The van der Waals surface area contributed by atoms with Crippen molar-refractivity contribution >= 4 is 0 Å². The van der Waals surface area contributed by atoms with Crippen LogP contribution in [0.2, 0.25) is 0 Å². The predicted octanol–water partition coefficient (Wildman–Crippen LogP) is 2.83. The fourth-order valence-corrected chi connectivity index (χ4v) is 1.89. The standard InChI is InChI=1S/C12H15FO/c1-2-9-10(4-3-5-11(9)13)12(14)8-6-7-8/h3-5,8,12,14H,2,6-7H2,1H3. The van der Waals surface area contributed by atoms with Crippen molar-refractivity contribution in [3.63, 3.8) is 0 Å². The maximum atomic E-state index is 13.4. The Morgan fingerprint density at radius 1 is 1.50 bits per heavy atom. The number of aliphatic hydroxyl groups excluding tert-OH is 1.